The number of hydrogen-bond donors (Lipinski definition) is 1. The van der Waals surface area contributed by atoms with Crippen LogP contribution in [0, 0.1) is 5.82 Å². The number of aromatic nitrogens is 6. The van der Waals surface area contributed by atoms with Crippen LogP contribution < -0.4 is 10.2 Å². The second-order valence-electron chi connectivity index (χ2n) is 8.88. The molecule has 10 heteroatoms. The fourth-order valence-electron chi connectivity index (χ4n) is 4.79. The van der Waals surface area contributed by atoms with Gasteiger partial charge in [-0.3, -0.25) is 4.79 Å². The molecule has 1 amide bonds. The predicted molar refractivity (Wildman–Crippen MR) is 127 cm³/mol. The van der Waals surface area contributed by atoms with E-state index in [0.29, 0.717) is 48.8 Å². The van der Waals surface area contributed by atoms with Gasteiger partial charge in [0.05, 0.1) is 5.56 Å². The molecule has 0 fully saturated rings. The van der Waals surface area contributed by atoms with Gasteiger partial charge in [-0.05, 0) is 61.2 Å². The van der Waals surface area contributed by atoms with Gasteiger partial charge in [-0.1, -0.05) is 6.07 Å². The third kappa shape index (κ3) is 3.90. The Labute approximate surface area is 201 Å². The maximum atomic E-state index is 14.9. The normalized spacial score (nSPS) is 16.6. The van der Waals surface area contributed by atoms with E-state index < -0.39 is 11.7 Å². The lowest BCUT2D eigenvalue weighted by Gasteiger charge is -2.29. The summed E-state index contributed by atoms with van der Waals surface area (Å²) >= 11 is 0. The molecule has 2 aliphatic heterocycles. The highest BCUT2D eigenvalue weighted by Gasteiger charge is 2.26. The van der Waals surface area contributed by atoms with Crippen LogP contribution in [0.3, 0.4) is 0 Å². The van der Waals surface area contributed by atoms with Crippen molar-refractivity contribution in [3.63, 3.8) is 0 Å². The van der Waals surface area contributed by atoms with Crippen molar-refractivity contribution in [2.45, 2.75) is 38.8 Å². The molecule has 1 aromatic carbocycles. The second-order valence-corrected chi connectivity index (χ2v) is 8.88. The summed E-state index contributed by atoms with van der Waals surface area (Å²) in [7, 11) is 0. The number of pyridine rings is 1. The Balaban J connectivity index is 1.25. The van der Waals surface area contributed by atoms with Gasteiger partial charge in [0.2, 0.25) is 5.95 Å². The average Bonchev–Trinajstić information content (AvgIpc) is 3.47. The fraction of sp³-hybridized carbons (Fsp3) is 0.280. The Hall–Kier alpha value is -4.21. The molecule has 35 heavy (non-hydrogen) atoms. The van der Waals surface area contributed by atoms with Crippen LogP contribution in [0.4, 0.5) is 16.2 Å². The largest absolute Gasteiger partial charge is 0.336 e. The highest BCUT2D eigenvalue weighted by Crippen LogP contribution is 2.30. The van der Waals surface area contributed by atoms with Gasteiger partial charge in [0.25, 0.3) is 5.91 Å². The minimum absolute atomic E-state index is 0.0243. The first-order chi connectivity index (χ1) is 17.1. The third-order valence-electron chi connectivity index (χ3n) is 6.59. The molecule has 0 bridgehead atoms. The van der Waals surface area contributed by atoms with Crippen molar-refractivity contribution in [1.29, 1.82) is 0 Å². The lowest BCUT2D eigenvalue weighted by Crippen LogP contribution is -2.32. The minimum atomic E-state index is -0.553. The van der Waals surface area contributed by atoms with Gasteiger partial charge in [0, 0.05) is 37.9 Å². The summed E-state index contributed by atoms with van der Waals surface area (Å²) in [6.07, 6.45) is 5.93. The molecule has 1 N–H and O–H groups in total. The number of hydrogen-bond acceptors (Lipinski definition) is 7. The molecule has 0 unspecified atom stereocenters. The number of nitrogens with zero attached hydrogens (tertiary/aromatic N) is 7. The lowest BCUT2D eigenvalue weighted by molar-refractivity contribution is 0.102. The third-order valence-corrected chi connectivity index (χ3v) is 6.59. The van der Waals surface area contributed by atoms with Crippen LogP contribution in [0.15, 0.2) is 48.8 Å². The van der Waals surface area contributed by atoms with E-state index in [1.165, 1.54) is 6.07 Å². The van der Waals surface area contributed by atoms with Crippen molar-refractivity contribution in [3.05, 3.63) is 77.1 Å². The first kappa shape index (κ1) is 21.3. The Morgan fingerprint density at radius 3 is 2.80 bits per heavy atom. The van der Waals surface area contributed by atoms with Crippen LogP contribution in [0.2, 0.25) is 0 Å². The molecule has 1 atom stereocenters. The van der Waals surface area contributed by atoms with Crippen LogP contribution in [-0.4, -0.2) is 42.2 Å². The van der Waals surface area contributed by atoms with E-state index in [9.17, 15) is 9.18 Å². The number of aryl methyl sites for hydroxylation is 1. The SMILES string of the molecule is C[C@@H]1CCc2nnc(-c3cccc(NC(=O)c4cc5c(cc4F)CCN(c4ncccn4)C5)n3)n21. The maximum Gasteiger partial charge on any atom is 0.259 e. The first-order valence-corrected chi connectivity index (χ1v) is 11.6. The van der Waals surface area contributed by atoms with Crippen LogP contribution >= 0.6 is 0 Å². The monoisotopic (exact) mass is 470 g/mol. The summed E-state index contributed by atoms with van der Waals surface area (Å²) < 4.78 is 17.0. The number of benzene rings is 1. The van der Waals surface area contributed by atoms with Crippen molar-refractivity contribution in [1.82, 2.24) is 29.7 Å². The van der Waals surface area contributed by atoms with Gasteiger partial charge < -0.3 is 14.8 Å². The second kappa shape index (κ2) is 8.53. The van der Waals surface area contributed by atoms with E-state index in [1.54, 1.807) is 36.7 Å². The van der Waals surface area contributed by atoms with Crippen LogP contribution in [-0.2, 0) is 19.4 Å². The highest BCUT2D eigenvalue weighted by molar-refractivity contribution is 6.04. The topological polar surface area (TPSA) is 102 Å². The van der Waals surface area contributed by atoms with E-state index in [0.717, 1.165) is 29.8 Å². The Morgan fingerprint density at radius 2 is 1.94 bits per heavy atom. The molecule has 176 valence electrons. The molecule has 3 aromatic heterocycles. The van der Waals surface area contributed by atoms with Gasteiger partial charge in [-0.25, -0.2) is 19.3 Å². The van der Waals surface area contributed by atoms with E-state index in [1.807, 2.05) is 11.0 Å². The van der Waals surface area contributed by atoms with Crippen LogP contribution in [0.1, 0.15) is 46.7 Å². The fourth-order valence-corrected chi connectivity index (χ4v) is 4.79. The molecule has 5 heterocycles. The van der Waals surface area contributed by atoms with Crippen molar-refractivity contribution in [2.75, 3.05) is 16.8 Å². The molecular formula is C25H23FN8O. The van der Waals surface area contributed by atoms with Crippen molar-refractivity contribution < 1.29 is 9.18 Å². The Morgan fingerprint density at radius 1 is 1.09 bits per heavy atom. The molecule has 0 saturated carbocycles. The zero-order valence-electron chi connectivity index (χ0n) is 19.1. The number of rotatable bonds is 4. The van der Waals surface area contributed by atoms with E-state index >= 15 is 0 Å². The van der Waals surface area contributed by atoms with Gasteiger partial charge in [-0.2, -0.15) is 0 Å². The maximum absolute atomic E-state index is 14.9. The van der Waals surface area contributed by atoms with E-state index in [2.05, 4.69) is 42.0 Å². The molecule has 4 aromatic rings. The molecule has 0 aliphatic carbocycles. The first-order valence-electron chi connectivity index (χ1n) is 11.6. The minimum Gasteiger partial charge on any atom is -0.336 e. The predicted octanol–water partition coefficient (Wildman–Crippen LogP) is 3.59. The van der Waals surface area contributed by atoms with Gasteiger partial charge in [0.1, 0.15) is 23.2 Å². The zero-order chi connectivity index (χ0) is 23.9. The average molecular weight is 471 g/mol. The summed E-state index contributed by atoms with van der Waals surface area (Å²) in [6.45, 7) is 3.31. The summed E-state index contributed by atoms with van der Waals surface area (Å²) in [5, 5.41) is 11.3. The standard InChI is InChI=1S/C25H23FN8O/c1-15-6-7-22-31-32-23(34(15)22)20-4-2-5-21(29-20)30-24(35)18-12-17-14-33(25-27-9-3-10-28-25)11-8-16(17)13-19(18)26/h2-5,9-10,12-13,15H,6-8,11,14H2,1H3,(H,29,30,35)/t15-/m1/s1. The molecule has 9 nitrogen and oxygen atoms in total. The molecular weight excluding hydrogens is 447 g/mol. The van der Waals surface area contributed by atoms with Crippen LogP contribution in [0.25, 0.3) is 11.5 Å². The van der Waals surface area contributed by atoms with Crippen molar-refractivity contribution in [3.8, 4) is 11.5 Å². The van der Waals surface area contributed by atoms with Gasteiger partial charge in [0.15, 0.2) is 5.82 Å². The number of halogens is 1. The quantitative estimate of drug-likeness (QED) is 0.486. The van der Waals surface area contributed by atoms with Crippen LogP contribution in [0.5, 0.6) is 0 Å². The molecule has 2 aliphatic rings. The van der Waals surface area contributed by atoms with Gasteiger partial charge >= 0.3 is 0 Å². The van der Waals surface area contributed by atoms with Crippen molar-refractivity contribution >= 4 is 17.7 Å². The van der Waals surface area contributed by atoms with Crippen molar-refractivity contribution in [2.24, 2.45) is 0 Å². The lowest BCUT2D eigenvalue weighted by atomic mass is 9.96. The van der Waals surface area contributed by atoms with E-state index in [4.69, 9.17) is 0 Å². The smallest absolute Gasteiger partial charge is 0.259 e. The number of anilines is 2. The molecule has 0 spiro atoms. The Bertz CT molecular complexity index is 1420. The molecule has 0 saturated heterocycles. The molecule has 0 radical (unpaired) electrons. The Kier molecular flexibility index (Phi) is 5.20. The number of fused-ring (bicyclic) bond motifs is 2. The summed E-state index contributed by atoms with van der Waals surface area (Å²) in [5.41, 5.74) is 2.36. The number of nitrogens with one attached hydrogen (secondary N) is 1. The summed E-state index contributed by atoms with van der Waals surface area (Å²) in [5.74, 6) is 1.45. The number of carbonyl (C=O) groups excluding carboxylic acids is 1. The number of amides is 1. The summed E-state index contributed by atoms with van der Waals surface area (Å²) in [4.78, 5) is 28.2. The zero-order valence-corrected chi connectivity index (χ0v) is 19.1. The highest BCUT2D eigenvalue weighted by atomic mass is 19.1. The van der Waals surface area contributed by atoms with Gasteiger partial charge in [-0.15, -0.1) is 10.2 Å². The molecule has 6 rings (SSSR count). The van der Waals surface area contributed by atoms with E-state index in [-0.39, 0.29) is 5.56 Å². The number of carbonyl (C=O) groups is 1. The summed E-state index contributed by atoms with van der Waals surface area (Å²) in [6, 6.07) is 10.4.